The first-order valence-electron chi connectivity index (χ1n) is 9.10. The van der Waals surface area contributed by atoms with E-state index in [1.807, 2.05) is 42.5 Å². The Morgan fingerprint density at radius 1 is 0.852 bits per heavy atom. The lowest BCUT2D eigenvalue weighted by Crippen LogP contribution is -3.13. The van der Waals surface area contributed by atoms with Crippen LogP contribution in [0.25, 0.3) is 10.8 Å². The van der Waals surface area contributed by atoms with Crippen molar-refractivity contribution in [1.82, 2.24) is 4.31 Å². The topological polar surface area (TPSA) is 41.8 Å². The molecular formula is C21H22ClN2O2S+. The predicted molar refractivity (Wildman–Crippen MR) is 109 cm³/mol. The van der Waals surface area contributed by atoms with Crippen LogP contribution in [0.4, 0.5) is 0 Å². The summed E-state index contributed by atoms with van der Waals surface area (Å²) in [5.41, 5.74) is 1.28. The molecule has 1 heterocycles. The summed E-state index contributed by atoms with van der Waals surface area (Å²) >= 11 is 6.25. The first-order valence-corrected chi connectivity index (χ1v) is 10.9. The number of quaternary nitrogens is 1. The average molecular weight is 402 g/mol. The fraction of sp³-hybridized carbons (Fsp3) is 0.238. The smallest absolute Gasteiger partial charge is 0.244 e. The van der Waals surface area contributed by atoms with Crippen molar-refractivity contribution >= 4 is 32.4 Å². The Labute approximate surface area is 165 Å². The molecule has 140 valence electrons. The lowest BCUT2D eigenvalue weighted by atomic mass is 10.1. The standard InChI is InChI=1S/C21H21ClN2O2S/c22-20-10-11-21(19-9-5-4-8-18(19)20)27(25,26)24-14-12-23(13-15-24)16-17-6-2-1-3-7-17/h1-11H,12-16H2/p+1. The van der Waals surface area contributed by atoms with Gasteiger partial charge in [0, 0.05) is 21.4 Å². The highest BCUT2D eigenvalue weighted by molar-refractivity contribution is 7.89. The molecule has 4 nitrogen and oxygen atoms in total. The third-order valence-electron chi connectivity index (χ3n) is 5.18. The largest absolute Gasteiger partial charge is 0.329 e. The highest BCUT2D eigenvalue weighted by Crippen LogP contribution is 2.30. The summed E-state index contributed by atoms with van der Waals surface area (Å²) in [4.78, 5) is 1.75. The number of fused-ring (bicyclic) bond motifs is 1. The maximum atomic E-state index is 13.3. The van der Waals surface area contributed by atoms with Crippen molar-refractivity contribution < 1.29 is 13.3 Å². The van der Waals surface area contributed by atoms with E-state index < -0.39 is 10.0 Å². The first-order chi connectivity index (χ1) is 13.1. The van der Waals surface area contributed by atoms with Crippen molar-refractivity contribution in [3.63, 3.8) is 0 Å². The van der Waals surface area contributed by atoms with Crippen molar-refractivity contribution in [2.75, 3.05) is 26.2 Å². The summed E-state index contributed by atoms with van der Waals surface area (Å²) in [6, 6.07) is 21.0. The quantitative estimate of drug-likeness (QED) is 0.730. The monoisotopic (exact) mass is 401 g/mol. The van der Waals surface area contributed by atoms with Gasteiger partial charge in [0.25, 0.3) is 0 Å². The Balaban J connectivity index is 1.54. The average Bonchev–Trinajstić information content (AvgIpc) is 2.69. The van der Waals surface area contributed by atoms with Crippen molar-refractivity contribution in [1.29, 1.82) is 0 Å². The van der Waals surface area contributed by atoms with E-state index in [1.54, 1.807) is 16.4 Å². The molecule has 0 atom stereocenters. The summed E-state index contributed by atoms with van der Waals surface area (Å²) in [6.07, 6.45) is 0. The van der Waals surface area contributed by atoms with Crippen molar-refractivity contribution in [3.8, 4) is 0 Å². The molecule has 0 saturated carbocycles. The molecule has 0 spiro atoms. The van der Waals surface area contributed by atoms with Gasteiger partial charge in [-0.05, 0) is 12.1 Å². The Bertz CT molecular complexity index is 1050. The Kier molecular flexibility index (Phi) is 5.19. The van der Waals surface area contributed by atoms with Crippen LogP contribution in [0, 0.1) is 0 Å². The Morgan fingerprint density at radius 3 is 2.19 bits per heavy atom. The zero-order valence-electron chi connectivity index (χ0n) is 14.9. The number of hydrogen-bond acceptors (Lipinski definition) is 2. The Hall–Kier alpha value is -1.92. The molecular weight excluding hydrogens is 380 g/mol. The number of nitrogens with zero attached hydrogens (tertiary/aromatic N) is 1. The molecule has 4 rings (SSSR count). The summed E-state index contributed by atoms with van der Waals surface area (Å²) in [5, 5.41) is 2.03. The molecule has 3 aromatic rings. The van der Waals surface area contributed by atoms with Gasteiger partial charge in [0.15, 0.2) is 0 Å². The zero-order valence-corrected chi connectivity index (χ0v) is 16.5. The molecule has 0 amide bonds. The van der Waals surface area contributed by atoms with Crippen molar-refractivity contribution in [2.45, 2.75) is 11.4 Å². The van der Waals surface area contributed by atoms with Crippen LogP contribution in [-0.2, 0) is 16.6 Å². The van der Waals surface area contributed by atoms with E-state index in [0.717, 1.165) is 25.0 Å². The third kappa shape index (κ3) is 3.73. The van der Waals surface area contributed by atoms with Crippen LogP contribution in [0.15, 0.2) is 71.6 Å². The van der Waals surface area contributed by atoms with Gasteiger partial charge in [-0.15, -0.1) is 0 Å². The molecule has 0 radical (unpaired) electrons. The number of hydrogen-bond donors (Lipinski definition) is 1. The van der Waals surface area contributed by atoms with E-state index >= 15 is 0 Å². The van der Waals surface area contributed by atoms with E-state index in [4.69, 9.17) is 11.6 Å². The molecule has 0 aliphatic carbocycles. The Morgan fingerprint density at radius 2 is 1.48 bits per heavy atom. The fourth-order valence-electron chi connectivity index (χ4n) is 3.70. The van der Waals surface area contributed by atoms with Gasteiger partial charge in [-0.2, -0.15) is 4.31 Å². The highest BCUT2D eigenvalue weighted by Gasteiger charge is 2.31. The van der Waals surface area contributed by atoms with E-state index in [-0.39, 0.29) is 0 Å². The lowest BCUT2D eigenvalue weighted by Gasteiger charge is -2.31. The number of rotatable bonds is 4. The molecule has 0 aromatic heterocycles. The van der Waals surface area contributed by atoms with Crippen LogP contribution in [-0.4, -0.2) is 38.9 Å². The zero-order chi connectivity index (χ0) is 18.9. The molecule has 1 aliphatic rings. The fourth-order valence-corrected chi connectivity index (χ4v) is 5.57. The molecule has 0 bridgehead atoms. The minimum Gasteiger partial charge on any atom is -0.329 e. The van der Waals surface area contributed by atoms with Crippen LogP contribution in [0.5, 0.6) is 0 Å². The van der Waals surface area contributed by atoms with E-state index in [0.29, 0.717) is 28.4 Å². The minimum atomic E-state index is -3.54. The van der Waals surface area contributed by atoms with E-state index in [1.165, 1.54) is 10.5 Å². The van der Waals surface area contributed by atoms with Gasteiger partial charge in [0.05, 0.1) is 31.1 Å². The SMILES string of the molecule is O=S(=O)(c1ccc(Cl)c2ccccc12)N1CC[NH+](Cc2ccccc2)CC1. The van der Waals surface area contributed by atoms with Crippen molar-refractivity contribution in [2.24, 2.45) is 0 Å². The maximum Gasteiger partial charge on any atom is 0.244 e. The van der Waals surface area contributed by atoms with Crippen LogP contribution in [0.3, 0.4) is 0 Å². The summed E-state index contributed by atoms with van der Waals surface area (Å²) < 4.78 is 28.1. The van der Waals surface area contributed by atoms with E-state index in [9.17, 15) is 8.42 Å². The second-order valence-corrected chi connectivity index (χ2v) is 9.22. The van der Waals surface area contributed by atoms with Crippen LogP contribution in [0.2, 0.25) is 5.02 Å². The molecule has 1 fully saturated rings. The number of halogens is 1. The maximum absolute atomic E-state index is 13.3. The normalized spacial score (nSPS) is 16.6. The van der Waals surface area contributed by atoms with Gasteiger partial charge >= 0.3 is 0 Å². The molecule has 1 N–H and O–H groups in total. The molecule has 1 saturated heterocycles. The lowest BCUT2D eigenvalue weighted by molar-refractivity contribution is -0.917. The van der Waals surface area contributed by atoms with Crippen molar-refractivity contribution in [3.05, 3.63) is 77.3 Å². The number of piperazine rings is 1. The number of benzene rings is 3. The van der Waals surface area contributed by atoms with Gasteiger partial charge < -0.3 is 4.90 Å². The third-order valence-corrected chi connectivity index (χ3v) is 7.46. The number of sulfonamides is 1. The summed E-state index contributed by atoms with van der Waals surface area (Å²) in [6.45, 7) is 3.60. The minimum absolute atomic E-state index is 0.342. The molecule has 27 heavy (non-hydrogen) atoms. The summed E-state index contributed by atoms with van der Waals surface area (Å²) in [7, 11) is -3.54. The van der Waals surface area contributed by atoms with E-state index in [2.05, 4.69) is 12.1 Å². The summed E-state index contributed by atoms with van der Waals surface area (Å²) in [5.74, 6) is 0. The van der Waals surface area contributed by atoms with Crippen LogP contribution >= 0.6 is 11.6 Å². The van der Waals surface area contributed by atoms with Gasteiger partial charge in [-0.3, -0.25) is 0 Å². The predicted octanol–water partition coefficient (Wildman–Crippen LogP) is 2.58. The first kappa shape index (κ1) is 18.4. The van der Waals surface area contributed by atoms with Gasteiger partial charge in [0.2, 0.25) is 10.0 Å². The molecule has 3 aromatic carbocycles. The van der Waals surface area contributed by atoms with Gasteiger partial charge in [0.1, 0.15) is 6.54 Å². The van der Waals surface area contributed by atoms with Crippen LogP contribution < -0.4 is 4.90 Å². The number of nitrogens with one attached hydrogen (secondary N) is 1. The van der Waals surface area contributed by atoms with Gasteiger partial charge in [-0.1, -0.05) is 66.2 Å². The molecule has 1 aliphatic heterocycles. The van der Waals surface area contributed by atoms with Crippen LogP contribution in [0.1, 0.15) is 5.56 Å². The van der Waals surface area contributed by atoms with Gasteiger partial charge in [-0.25, -0.2) is 8.42 Å². The second-order valence-electron chi connectivity index (χ2n) is 6.91. The second kappa shape index (κ2) is 7.60. The highest BCUT2D eigenvalue weighted by atomic mass is 35.5. The molecule has 6 heteroatoms. The molecule has 0 unspecified atom stereocenters.